The first kappa shape index (κ1) is 13.6. The third-order valence-electron chi connectivity index (χ3n) is 2.62. The Balaban J connectivity index is 2.40. The minimum absolute atomic E-state index is 0.0800. The van der Waals surface area contributed by atoms with E-state index in [1.807, 2.05) is 12.1 Å². The molecule has 0 aliphatic heterocycles. The van der Waals surface area contributed by atoms with Crippen molar-refractivity contribution in [3.63, 3.8) is 0 Å². The van der Waals surface area contributed by atoms with Crippen molar-refractivity contribution >= 4 is 48.7 Å². The lowest BCUT2D eigenvalue weighted by Gasteiger charge is -2.10. The molecule has 96 valence electrons. The molecule has 1 aromatic heterocycles. The van der Waals surface area contributed by atoms with Crippen LogP contribution in [-0.2, 0) is 0 Å². The van der Waals surface area contributed by atoms with Crippen LogP contribution in [0.4, 0.5) is 0 Å². The van der Waals surface area contributed by atoms with Gasteiger partial charge >= 0.3 is 0 Å². The maximum atomic E-state index is 12.0. The van der Waals surface area contributed by atoms with E-state index in [2.05, 4.69) is 42.2 Å². The Hall–Kier alpha value is -0.850. The van der Waals surface area contributed by atoms with Crippen LogP contribution in [0.25, 0.3) is 10.9 Å². The highest BCUT2D eigenvalue weighted by atomic mass is 79.9. The lowest BCUT2D eigenvalue weighted by atomic mass is 10.1. The summed E-state index contributed by atoms with van der Waals surface area (Å²) in [6, 6.07) is 3.53. The Morgan fingerprint density at radius 3 is 2.78 bits per heavy atom. The van der Waals surface area contributed by atoms with Crippen LogP contribution < -0.4 is 5.32 Å². The molecule has 6 heteroatoms. The van der Waals surface area contributed by atoms with Crippen molar-refractivity contribution < 1.29 is 9.90 Å². The summed E-state index contributed by atoms with van der Waals surface area (Å²) in [6.45, 7) is 1.67. The highest BCUT2D eigenvalue weighted by Crippen LogP contribution is 2.30. The van der Waals surface area contributed by atoms with Gasteiger partial charge in [0, 0.05) is 32.1 Å². The summed E-state index contributed by atoms with van der Waals surface area (Å²) < 4.78 is 1.81. The number of carbonyl (C=O) groups excluding carboxylic acids is 1. The molecule has 0 fully saturated rings. The number of amides is 1. The number of carbonyl (C=O) groups is 1. The first-order valence-corrected chi connectivity index (χ1v) is 6.99. The summed E-state index contributed by atoms with van der Waals surface area (Å²) in [4.78, 5) is 15.1. The molecule has 0 aliphatic rings. The van der Waals surface area contributed by atoms with Gasteiger partial charge in [0.2, 0.25) is 0 Å². The van der Waals surface area contributed by atoms with Crippen molar-refractivity contribution in [2.75, 3.05) is 6.61 Å². The molecule has 3 N–H and O–H groups in total. The molecule has 0 spiro atoms. The van der Waals surface area contributed by atoms with E-state index in [0.29, 0.717) is 5.56 Å². The fourth-order valence-corrected chi connectivity index (χ4v) is 2.34. The van der Waals surface area contributed by atoms with Crippen LogP contribution in [0.3, 0.4) is 0 Å². The SMILES string of the molecule is C[C@@H](CO)NC(=O)c1c[nH]c2cc(Br)c(Br)cc12. The Kier molecular flexibility index (Phi) is 4.09. The number of H-pyrrole nitrogens is 1. The molecule has 0 saturated carbocycles. The third-order valence-corrected chi connectivity index (χ3v) is 4.46. The number of aliphatic hydroxyl groups is 1. The number of halogens is 2. The zero-order valence-corrected chi connectivity index (χ0v) is 12.8. The molecular weight excluding hydrogens is 364 g/mol. The van der Waals surface area contributed by atoms with E-state index < -0.39 is 0 Å². The number of nitrogens with one attached hydrogen (secondary N) is 2. The van der Waals surface area contributed by atoms with Gasteiger partial charge in [-0.15, -0.1) is 0 Å². The van der Waals surface area contributed by atoms with Gasteiger partial charge in [-0.25, -0.2) is 0 Å². The number of hydrogen-bond donors (Lipinski definition) is 3. The first-order valence-electron chi connectivity index (χ1n) is 5.40. The molecule has 2 rings (SSSR count). The largest absolute Gasteiger partial charge is 0.394 e. The van der Waals surface area contributed by atoms with Crippen LogP contribution in [0.15, 0.2) is 27.3 Å². The zero-order valence-electron chi connectivity index (χ0n) is 9.63. The van der Waals surface area contributed by atoms with Crippen molar-refractivity contribution in [2.45, 2.75) is 13.0 Å². The Labute approximate surface area is 121 Å². The smallest absolute Gasteiger partial charge is 0.253 e. The maximum Gasteiger partial charge on any atom is 0.253 e. The summed E-state index contributed by atoms with van der Waals surface area (Å²) in [5.41, 5.74) is 1.45. The fourth-order valence-electron chi connectivity index (χ4n) is 1.65. The summed E-state index contributed by atoms with van der Waals surface area (Å²) in [5, 5.41) is 12.5. The average molecular weight is 376 g/mol. The van der Waals surface area contributed by atoms with E-state index in [-0.39, 0.29) is 18.6 Å². The minimum Gasteiger partial charge on any atom is -0.394 e. The van der Waals surface area contributed by atoms with Gasteiger partial charge in [-0.1, -0.05) is 0 Å². The number of rotatable bonds is 3. The van der Waals surface area contributed by atoms with Crippen LogP contribution in [-0.4, -0.2) is 28.6 Å². The topological polar surface area (TPSA) is 65.1 Å². The quantitative estimate of drug-likeness (QED) is 0.772. The Morgan fingerprint density at radius 1 is 1.44 bits per heavy atom. The molecule has 1 heterocycles. The molecule has 1 atom stereocenters. The second-order valence-corrected chi connectivity index (χ2v) is 5.78. The number of aromatic amines is 1. The number of aliphatic hydroxyl groups excluding tert-OH is 1. The molecule has 0 unspecified atom stereocenters. The van der Waals surface area contributed by atoms with E-state index in [9.17, 15) is 4.79 Å². The second-order valence-electron chi connectivity index (χ2n) is 4.07. The minimum atomic E-state index is -0.263. The van der Waals surface area contributed by atoms with Gasteiger partial charge in [-0.05, 0) is 50.9 Å². The Bertz CT molecular complexity index is 595. The van der Waals surface area contributed by atoms with E-state index in [4.69, 9.17) is 5.11 Å². The molecule has 1 aromatic carbocycles. The predicted molar refractivity (Wildman–Crippen MR) is 77.7 cm³/mol. The zero-order chi connectivity index (χ0) is 13.3. The van der Waals surface area contributed by atoms with Gasteiger partial charge in [0.05, 0.1) is 12.2 Å². The fraction of sp³-hybridized carbons (Fsp3) is 0.250. The number of aromatic nitrogens is 1. The third kappa shape index (κ3) is 2.60. The van der Waals surface area contributed by atoms with Crippen LogP contribution >= 0.6 is 31.9 Å². The standard InChI is InChI=1S/C12H12Br2N2O2/c1-6(5-17)16-12(18)8-4-15-11-3-10(14)9(13)2-7(8)11/h2-4,6,15,17H,5H2,1H3,(H,16,18)/t6-/m0/s1. The summed E-state index contributed by atoms with van der Waals surface area (Å²) in [6.07, 6.45) is 1.67. The van der Waals surface area contributed by atoms with Crippen LogP contribution in [0.2, 0.25) is 0 Å². The Morgan fingerprint density at radius 2 is 2.11 bits per heavy atom. The highest BCUT2D eigenvalue weighted by molar-refractivity contribution is 9.13. The molecule has 4 nitrogen and oxygen atoms in total. The van der Waals surface area contributed by atoms with Crippen molar-refractivity contribution in [3.8, 4) is 0 Å². The molecule has 2 aromatic rings. The van der Waals surface area contributed by atoms with Gasteiger partial charge in [-0.3, -0.25) is 4.79 Å². The number of hydrogen-bond acceptors (Lipinski definition) is 2. The monoisotopic (exact) mass is 374 g/mol. The van der Waals surface area contributed by atoms with Crippen molar-refractivity contribution in [1.29, 1.82) is 0 Å². The van der Waals surface area contributed by atoms with Gasteiger partial charge in [-0.2, -0.15) is 0 Å². The maximum absolute atomic E-state index is 12.0. The summed E-state index contributed by atoms with van der Waals surface area (Å²) >= 11 is 6.83. The van der Waals surface area contributed by atoms with Gasteiger partial charge in [0.25, 0.3) is 5.91 Å². The van der Waals surface area contributed by atoms with Crippen LogP contribution in [0.1, 0.15) is 17.3 Å². The summed E-state index contributed by atoms with van der Waals surface area (Å²) in [7, 11) is 0. The van der Waals surface area contributed by atoms with Gasteiger partial charge < -0.3 is 15.4 Å². The van der Waals surface area contributed by atoms with E-state index in [1.54, 1.807) is 13.1 Å². The van der Waals surface area contributed by atoms with E-state index in [1.165, 1.54) is 0 Å². The predicted octanol–water partition coefficient (Wildman–Crippen LogP) is 2.80. The first-order chi connectivity index (χ1) is 8.52. The van der Waals surface area contributed by atoms with E-state index in [0.717, 1.165) is 19.8 Å². The molecule has 0 bridgehead atoms. The summed E-state index contributed by atoms with van der Waals surface area (Å²) in [5.74, 6) is -0.197. The van der Waals surface area contributed by atoms with E-state index >= 15 is 0 Å². The molecular formula is C12H12Br2N2O2. The number of benzene rings is 1. The normalized spacial score (nSPS) is 12.7. The van der Waals surface area contributed by atoms with Crippen molar-refractivity contribution in [2.24, 2.45) is 0 Å². The molecule has 0 saturated heterocycles. The average Bonchev–Trinajstić information content (AvgIpc) is 2.72. The molecule has 0 radical (unpaired) electrons. The van der Waals surface area contributed by atoms with Crippen molar-refractivity contribution in [3.05, 3.63) is 32.8 Å². The van der Waals surface area contributed by atoms with Crippen LogP contribution in [0, 0.1) is 0 Å². The van der Waals surface area contributed by atoms with Crippen molar-refractivity contribution in [1.82, 2.24) is 10.3 Å². The van der Waals surface area contributed by atoms with Gasteiger partial charge in [0.1, 0.15) is 0 Å². The molecule has 1 amide bonds. The highest BCUT2D eigenvalue weighted by Gasteiger charge is 2.15. The van der Waals surface area contributed by atoms with Crippen LogP contribution in [0.5, 0.6) is 0 Å². The lowest BCUT2D eigenvalue weighted by Crippen LogP contribution is -2.34. The number of fused-ring (bicyclic) bond motifs is 1. The molecule has 0 aliphatic carbocycles. The lowest BCUT2D eigenvalue weighted by molar-refractivity contribution is 0.0924. The van der Waals surface area contributed by atoms with Gasteiger partial charge in [0.15, 0.2) is 0 Å². The molecule has 18 heavy (non-hydrogen) atoms. The second kappa shape index (κ2) is 5.42.